The monoisotopic (exact) mass is 295 g/mol. The summed E-state index contributed by atoms with van der Waals surface area (Å²) in [6.45, 7) is 13.0. The van der Waals surface area contributed by atoms with E-state index in [0.717, 1.165) is 19.7 Å². The number of nitrogens with one attached hydrogen (secondary N) is 1. The SMILES string of the molecule is Cc1ncn(COCC[Si](C)(C)C)c1C1CCNCC1. The average Bonchev–Trinajstić information content (AvgIpc) is 2.76. The van der Waals surface area contributed by atoms with Gasteiger partial charge >= 0.3 is 0 Å². The lowest BCUT2D eigenvalue weighted by molar-refractivity contribution is 0.0840. The molecule has 114 valence electrons. The molecule has 0 spiro atoms. The fraction of sp³-hybridized carbons (Fsp3) is 0.800. The third-order valence-electron chi connectivity index (χ3n) is 4.02. The standard InChI is InChI=1S/C15H29N3OSi/c1-13-15(14-5-7-16-8-6-14)18(11-17-13)12-19-9-10-20(2,3)4/h11,14,16H,5-10,12H2,1-4H3. The van der Waals surface area contributed by atoms with E-state index in [-0.39, 0.29) is 0 Å². The van der Waals surface area contributed by atoms with Crippen molar-refractivity contribution < 1.29 is 4.74 Å². The van der Waals surface area contributed by atoms with Crippen LogP contribution in [0.2, 0.25) is 25.7 Å². The molecule has 1 saturated heterocycles. The minimum absolute atomic E-state index is 0.638. The maximum atomic E-state index is 5.88. The Balaban J connectivity index is 1.91. The molecule has 20 heavy (non-hydrogen) atoms. The van der Waals surface area contributed by atoms with E-state index in [2.05, 4.69) is 41.4 Å². The van der Waals surface area contributed by atoms with Gasteiger partial charge in [-0.3, -0.25) is 0 Å². The number of nitrogens with zero attached hydrogens (tertiary/aromatic N) is 2. The van der Waals surface area contributed by atoms with Crippen LogP contribution >= 0.6 is 0 Å². The van der Waals surface area contributed by atoms with Gasteiger partial charge in [-0.05, 0) is 38.9 Å². The molecule has 2 heterocycles. The van der Waals surface area contributed by atoms with Crippen molar-refractivity contribution in [3.63, 3.8) is 0 Å². The van der Waals surface area contributed by atoms with Crippen molar-refractivity contribution in [2.45, 2.75) is 58.1 Å². The number of imidazole rings is 1. The maximum absolute atomic E-state index is 5.88. The van der Waals surface area contributed by atoms with Crippen molar-refractivity contribution in [1.82, 2.24) is 14.9 Å². The van der Waals surface area contributed by atoms with Crippen LogP contribution in [-0.4, -0.2) is 37.3 Å². The number of hydrogen-bond acceptors (Lipinski definition) is 3. The summed E-state index contributed by atoms with van der Waals surface area (Å²) >= 11 is 0. The highest BCUT2D eigenvalue weighted by Gasteiger charge is 2.21. The quantitative estimate of drug-likeness (QED) is 0.648. The molecule has 0 saturated carbocycles. The van der Waals surface area contributed by atoms with Gasteiger partial charge in [0.2, 0.25) is 0 Å². The van der Waals surface area contributed by atoms with E-state index < -0.39 is 8.07 Å². The van der Waals surface area contributed by atoms with E-state index in [9.17, 15) is 0 Å². The average molecular weight is 296 g/mol. The molecule has 1 aromatic heterocycles. The second kappa shape index (κ2) is 6.87. The summed E-state index contributed by atoms with van der Waals surface area (Å²) in [5.74, 6) is 0.638. The van der Waals surface area contributed by atoms with Gasteiger partial charge in [-0.2, -0.15) is 0 Å². The van der Waals surface area contributed by atoms with Crippen LogP contribution in [0.25, 0.3) is 0 Å². The van der Waals surface area contributed by atoms with Crippen LogP contribution in [0.4, 0.5) is 0 Å². The molecule has 0 bridgehead atoms. The lowest BCUT2D eigenvalue weighted by Gasteiger charge is -2.24. The highest BCUT2D eigenvalue weighted by atomic mass is 28.3. The second-order valence-electron chi connectivity index (χ2n) is 7.06. The van der Waals surface area contributed by atoms with E-state index >= 15 is 0 Å². The predicted molar refractivity (Wildman–Crippen MR) is 85.9 cm³/mol. The first-order valence-corrected chi connectivity index (χ1v) is 11.5. The van der Waals surface area contributed by atoms with E-state index in [0.29, 0.717) is 12.6 Å². The lowest BCUT2D eigenvalue weighted by atomic mass is 9.93. The second-order valence-corrected chi connectivity index (χ2v) is 12.7. The minimum Gasteiger partial charge on any atom is -0.361 e. The van der Waals surface area contributed by atoms with Crippen molar-refractivity contribution in [2.24, 2.45) is 0 Å². The van der Waals surface area contributed by atoms with Crippen LogP contribution in [0.1, 0.15) is 30.1 Å². The Labute approximate surface area is 123 Å². The summed E-state index contributed by atoms with van der Waals surface area (Å²) in [6.07, 6.45) is 4.37. The van der Waals surface area contributed by atoms with Crippen LogP contribution in [0.5, 0.6) is 0 Å². The van der Waals surface area contributed by atoms with Crippen LogP contribution < -0.4 is 5.32 Å². The molecule has 0 aromatic carbocycles. The fourth-order valence-corrected chi connectivity index (χ4v) is 3.52. The number of piperidine rings is 1. The lowest BCUT2D eigenvalue weighted by Crippen LogP contribution is -2.28. The Morgan fingerprint density at radius 1 is 1.35 bits per heavy atom. The highest BCUT2D eigenvalue weighted by molar-refractivity contribution is 6.76. The number of hydrogen-bond donors (Lipinski definition) is 1. The van der Waals surface area contributed by atoms with Crippen molar-refractivity contribution >= 4 is 8.07 Å². The van der Waals surface area contributed by atoms with Crippen LogP contribution in [0.15, 0.2) is 6.33 Å². The molecule has 1 aliphatic heterocycles. The normalized spacial score (nSPS) is 17.6. The number of aromatic nitrogens is 2. The van der Waals surface area contributed by atoms with E-state index in [1.54, 1.807) is 0 Å². The third-order valence-corrected chi connectivity index (χ3v) is 5.73. The molecule has 1 aromatic rings. The molecule has 2 rings (SSSR count). The highest BCUT2D eigenvalue weighted by Crippen LogP contribution is 2.27. The zero-order valence-electron chi connectivity index (χ0n) is 13.4. The molecule has 4 nitrogen and oxygen atoms in total. The molecule has 1 fully saturated rings. The first-order chi connectivity index (χ1) is 9.47. The zero-order valence-corrected chi connectivity index (χ0v) is 14.4. The zero-order chi connectivity index (χ0) is 14.6. The molecular weight excluding hydrogens is 266 g/mol. The molecule has 1 aliphatic rings. The Morgan fingerprint density at radius 2 is 2.05 bits per heavy atom. The molecule has 5 heteroatoms. The molecule has 0 unspecified atom stereocenters. The Kier molecular flexibility index (Phi) is 5.40. The predicted octanol–water partition coefficient (Wildman–Crippen LogP) is 2.97. The van der Waals surface area contributed by atoms with E-state index in [4.69, 9.17) is 4.74 Å². The summed E-state index contributed by atoms with van der Waals surface area (Å²) in [4.78, 5) is 4.49. The molecule has 0 amide bonds. The molecule has 0 radical (unpaired) electrons. The molecule has 1 N–H and O–H groups in total. The Morgan fingerprint density at radius 3 is 2.70 bits per heavy atom. The van der Waals surface area contributed by atoms with Crippen molar-refractivity contribution in [3.05, 3.63) is 17.7 Å². The van der Waals surface area contributed by atoms with Gasteiger partial charge in [-0.1, -0.05) is 19.6 Å². The van der Waals surface area contributed by atoms with Crippen LogP contribution in [0, 0.1) is 6.92 Å². The van der Waals surface area contributed by atoms with Crippen molar-refractivity contribution in [1.29, 1.82) is 0 Å². The summed E-state index contributed by atoms with van der Waals surface area (Å²) in [5, 5.41) is 3.43. The summed E-state index contributed by atoms with van der Waals surface area (Å²) in [5.41, 5.74) is 2.56. The van der Waals surface area contributed by atoms with Gasteiger partial charge in [0.05, 0.1) is 12.0 Å². The Bertz CT molecular complexity index is 419. The number of ether oxygens (including phenoxy) is 1. The fourth-order valence-electron chi connectivity index (χ4n) is 2.76. The van der Waals surface area contributed by atoms with Crippen molar-refractivity contribution in [3.8, 4) is 0 Å². The van der Waals surface area contributed by atoms with Gasteiger partial charge < -0.3 is 14.6 Å². The number of rotatable bonds is 6. The minimum atomic E-state index is -0.994. The van der Waals surface area contributed by atoms with Crippen LogP contribution in [-0.2, 0) is 11.5 Å². The van der Waals surface area contributed by atoms with Gasteiger partial charge in [-0.15, -0.1) is 0 Å². The van der Waals surface area contributed by atoms with E-state index in [1.165, 1.54) is 30.3 Å². The maximum Gasteiger partial charge on any atom is 0.124 e. The first-order valence-electron chi connectivity index (χ1n) is 7.77. The van der Waals surface area contributed by atoms with Gasteiger partial charge in [0, 0.05) is 26.3 Å². The largest absolute Gasteiger partial charge is 0.361 e. The Hall–Kier alpha value is -0.653. The summed E-state index contributed by atoms with van der Waals surface area (Å²) in [7, 11) is -0.994. The summed E-state index contributed by atoms with van der Waals surface area (Å²) in [6, 6.07) is 1.23. The first kappa shape index (κ1) is 15.7. The van der Waals surface area contributed by atoms with Gasteiger partial charge in [0.15, 0.2) is 0 Å². The smallest absolute Gasteiger partial charge is 0.124 e. The molecule has 0 aliphatic carbocycles. The van der Waals surface area contributed by atoms with Gasteiger partial charge in [0.25, 0.3) is 0 Å². The van der Waals surface area contributed by atoms with E-state index in [1.807, 2.05) is 6.33 Å². The van der Waals surface area contributed by atoms with Gasteiger partial charge in [0.1, 0.15) is 6.73 Å². The van der Waals surface area contributed by atoms with Crippen molar-refractivity contribution in [2.75, 3.05) is 19.7 Å². The third kappa shape index (κ3) is 4.43. The van der Waals surface area contributed by atoms with Crippen LogP contribution in [0.3, 0.4) is 0 Å². The number of aryl methyl sites for hydroxylation is 1. The van der Waals surface area contributed by atoms with Gasteiger partial charge in [-0.25, -0.2) is 4.98 Å². The summed E-state index contributed by atoms with van der Waals surface area (Å²) < 4.78 is 8.10. The topological polar surface area (TPSA) is 39.1 Å². The molecular formula is C15H29N3OSi. The molecule has 0 atom stereocenters.